The van der Waals surface area contributed by atoms with Crippen LogP contribution in [-0.4, -0.2) is 32.5 Å². The molecule has 24 heavy (non-hydrogen) atoms. The molecule has 1 N–H and O–H groups in total. The number of nitrogens with one attached hydrogen (secondary N) is 1. The van der Waals surface area contributed by atoms with Gasteiger partial charge in [0, 0.05) is 17.6 Å². The molecule has 128 valence electrons. The van der Waals surface area contributed by atoms with E-state index in [1.54, 1.807) is 0 Å². The standard InChI is InChI=1S/C16H19BrN4O2S/c1-10(23-13-7-3-11(17)4-8-13)15-19-20-16(21(15)2)24-9-14(22)18-12-5-6-12/h3-4,7-8,10,12H,5-6,9H2,1-2H3,(H,18,22)/t10-/m0/s1. The van der Waals surface area contributed by atoms with Crippen molar-refractivity contribution in [2.24, 2.45) is 7.05 Å². The number of hydrogen-bond donors (Lipinski definition) is 1. The normalized spacial score (nSPS) is 15.1. The molecule has 0 bridgehead atoms. The van der Waals surface area contributed by atoms with Crippen molar-refractivity contribution >= 4 is 33.6 Å². The Morgan fingerprint density at radius 1 is 1.42 bits per heavy atom. The lowest BCUT2D eigenvalue weighted by Crippen LogP contribution is -2.27. The fraction of sp³-hybridized carbons (Fsp3) is 0.438. The van der Waals surface area contributed by atoms with E-state index in [1.165, 1.54) is 11.8 Å². The number of rotatable bonds is 7. The zero-order valence-corrected chi connectivity index (χ0v) is 15.9. The van der Waals surface area contributed by atoms with Crippen LogP contribution in [0.2, 0.25) is 0 Å². The van der Waals surface area contributed by atoms with Gasteiger partial charge >= 0.3 is 0 Å². The average molecular weight is 411 g/mol. The number of benzene rings is 1. The molecule has 1 fully saturated rings. The molecule has 3 rings (SSSR count). The molecule has 2 aromatic rings. The number of amides is 1. The number of hydrogen-bond acceptors (Lipinski definition) is 5. The molecular formula is C16H19BrN4O2S. The highest BCUT2D eigenvalue weighted by atomic mass is 79.9. The topological polar surface area (TPSA) is 69.0 Å². The van der Waals surface area contributed by atoms with Crippen LogP contribution < -0.4 is 10.1 Å². The molecule has 0 unspecified atom stereocenters. The molecule has 0 aliphatic heterocycles. The van der Waals surface area contributed by atoms with Gasteiger partial charge in [0.05, 0.1) is 5.75 Å². The van der Waals surface area contributed by atoms with Gasteiger partial charge in [-0.2, -0.15) is 0 Å². The van der Waals surface area contributed by atoms with E-state index < -0.39 is 0 Å². The van der Waals surface area contributed by atoms with E-state index in [1.807, 2.05) is 42.8 Å². The van der Waals surface area contributed by atoms with Crippen LogP contribution in [0.1, 0.15) is 31.7 Å². The van der Waals surface area contributed by atoms with Crippen LogP contribution >= 0.6 is 27.7 Å². The second-order valence-corrected chi connectivity index (χ2v) is 7.60. The van der Waals surface area contributed by atoms with Crippen molar-refractivity contribution in [2.75, 3.05) is 5.75 Å². The van der Waals surface area contributed by atoms with E-state index in [9.17, 15) is 4.79 Å². The van der Waals surface area contributed by atoms with E-state index in [4.69, 9.17) is 4.74 Å². The molecule has 6 nitrogen and oxygen atoms in total. The number of halogens is 1. The molecule has 1 aliphatic carbocycles. The maximum absolute atomic E-state index is 11.8. The summed E-state index contributed by atoms with van der Waals surface area (Å²) in [6.45, 7) is 1.93. The maximum atomic E-state index is 11.8. The summed E-state index contributed by atoms with van der Waals surface area (Å²) >= 11 is 4.79. The van der Waals surface area contributed by atoms with Gasteiger partial charge in [0.25, 0.3) is 0 Å². The lowest BCUT2D eigenvalue weighted by molar-refractivity contribution is -0.118. The van der Waals surface area contributed by atoms with E-state index in [0.717, 1.165) is 28.9 Å². The minimum absolute atomic E-state index is 0.0474. The first kappa shape index (κ1) is 17.3. The number of carbonyl (C=O) groups excluding carboxylic acids is 1. The summed E-state index contributed by atoms with van der Waals surface area (Å²) in [6, 6.07) is 8.04. The van der Waals surface area contributed by atoms with Gasteiger partial charge in [-0.3, -0.25) is 4.79 Å². The van der Waals surface area contributed by atoms with Gasteiger partial charge in [-0.25, -0.2) is 0 Å². The fourth-order valence-electron chi connectivity index (χ4n) is 2.20. The van der Waals surface area contributed by atoms with Crippen molar-refractivity contribution in [2.45, 2.75) is 37.1 Å². The van der Waals surface area contributed by atoms with Crippen molar-refractivity contribution in [3.63, 3.8) is 0 Å². The second-order valence-electron chi connectivity index (χ2n) is 5.74. The predicted molar refractivity (Wildman–Crippen MR) is 96.1 cm³/mol. The molecule has 1 aromatic carbocycles. The highest BCUT2D eigenvalue weighted by molar-refractivity contribution is 9.10. The Labute approximate surface area is 153 Å². The van der Waals surface area contributed by atoms with Crippen LogP contribution in [0.4, 0.5) is 0 Å². The number of nitrogens with zero attached hydrogens (tertiary/aromatic N) is 3. The fourth-order valence-corrected chi connectivity index (χ4v) is 3.20. The van der Waals surface area contributed by atoms with Crippen LogP contribution in [0.3, 0.4) is 0 Å². The minimum Gasteiger partial charge on any atom is -0.483 e. The van der Waals surface area contributed by atoms with Crippen LogP contribution in [0.15, 0.2) is 33.9 Å². The zero-order chi connectivity index (χ0) is 17.1. The Morgan fingerprint density at radius 2 is 2.12 bits per heavy atom. The first-order valence-corrected chi connectivity index (χ1v) is 9.54. The third-order valence-electron chi connectivity index (χ3n) is 3.63. The molecular weight excluding hydrogens is 392 g/mol. The second kappa shape index (κ2) is 7.57. The number of thioether (sulfide) groups is 1. The van der Waals surface area contributed by atoms with E-state index in [0.29, 0.717) is 17.0 Å². The van der Waals surface area contributed by atoms with Crippen LogP contribution in [0, 0.1) is 0 Å². The van der Waals surface area contributed by atoms with Crippen LogP contribution in [-0.2, 0) is 11.8 Å². The Balaban J connectivity index is 1.58. The Bertz CT molecular complexity index is 715. The van der Waals surface area contributed by atoms with Crippen molar-refractivity contribution in [1.29, 1.82) is 0 Å². The zero-order valence-electron chi connectivity index (χ0n) is 13.5. The third-order valence-corrected chi connectivity index (χ3v) is 5.18. The molecule has 1 heterocycles. The summed E-state index contributed by atoms with van der Waals surface area (Å²) in [5, 5.41) is 12.0. The summed E-state index contributed by atoms with van der Waals surface area (Å²) in [5.41, 5.74) is 0. The molecule has 1 aromatic heterocycles. The summed E-state index contributed by atoms with van der Waals surface area (Å²) in [6.07, 6.45) is 1.95. The molecule has 1 aliphatic rings. The van der Waals surface area contributed by atoms with Gasteiger partial charge in [0.1, 0.15) is 5.75 Å². The highest BCUT2D eigenvalue weighted by Gasteiger charge is 2.24. The SMILES string of the molecule is C[C@H](Oc1ccc(Br)cc1)c1nnc(SCC(=O)NC2CC2)n1C. The van der Waals surface area contributed by atoms with Gasteiger partial charge in [0.2, 0.25) is 5.91 Å². The van der Waals surface area contributed by atoms with E-state index in [-0.39, 0.29) is 12.0 Å². The molecule has 0 radical (unpaired) electrons. The van der Waals surface area contributed by atoms with Crippen molar-refractivity contribution in [3.05, 3.63) is 34.6 Å². The summed E-state index contributed by atoms with van der Waals surface area (Å²) in [7, 11) is 1.89. The molecule has 0 spiro atoms. The first-order valence-electron chi connectivity index (χ1n) is 7.76. The number of aromatic nitrogens is 3. The van der Waals surface area contributed by atoms with Crippen molar-refractivity contribution in [3.8, 4) is 5.75 Å². The molecule has 1 atom stereocenters. The highest BCUT2D eigenvalue weighted by Crippen LogP contribution is 2.25. The summed E-state index contributed by atoms with van der Waals surface area (Å²) in [4.78, 5) is 11.8. The molecule has 0 saturated heterocycles. The van der Waals surface area contributed by atoms with Gasteiger partial charge in [-0.15, -0.1) is 10.2 Å². The quantitative estimate of drug-likeness (QED) is 0.710. The predicted octanol–water partition coefficient (Wildman–Crippen LogP) is 3.09. The monoisotopic (exact) mass is 410 g/mol. The number of ether oxygens (including phenoxy) is 1. The molecule has 1 saturated carbocycles. The van der Waals surface area contributed by atoms with E-state index in [2.05, 4.69) is 31.4 Å². The molecule has 1 amide bonds. The first-order chi connectivity index (χ1) is 11.5. The third kappa shape index (κ3) is 4.51. The van der Waals surface area contributed by atoms with Gasteiger partial charge in [0.15, 0.2) is 17.1 Å². The molecule has 8 heteroatoms. The van der Waals surface area contributed by atoms with Crippen molar-refractivity contribution in [1.82, 2.24) is 20.1 Å². The van der Waals surface area contributed by atoms with Crippen LogP contribution in [0.25, 0.3) is 0 Å². The summed E-state index contributed by atoms with van der Waals surface area (Å²) in [5.74, 6) is 1.89. The van der Waals surface area contributed by atoms with Crippen LogP contribution in [0.5, 0.6) is 5.75 Å². The largest absolute Gasteiger partial charge is 0.483 e. The smallest absolute Gasteiger partial charge is 0.230 e. The van der Waals surface area contributed by atoms with Crippen molar-refractivity contribution < 1.29 is 9.53 Å². The van der Waals surface area contributed by atoms with Gasteiger partial charge < -0.3 is 14.6 Å². The van der Waals surface area contributed by atoms with Gasteiger partial charge in [-0.05, 0) is 44.0 Å². The van der Waals surface area contributed by atoms with E-state index >= 15 is 0 Å². The Hall–Kier alpha value is -1.54. The average Bonchev–Trinajstić information content (AvgIpc) is 3.28. The minimum atomic E-state index is -0.238. The lowest BCUT2D eigenvalue weighted by atomic mass is 10.3. The van der Waals surface area contributed by atoms with Gasteiger partial charge in [-0.1, -0.05) is 27.7 Å². The number of carbonyl (C=O) groups is 1. The summed E-state index contributed by atoms with van der Waals surface area (Å²) < 4.78 is 8.78. The Morgan fingerprint density at radius 3 is 2.79 bits per heavy atom. The lowest BCUT2D eigenvalue weighted by Gasteiger charge is -2.14. The maximum Gasteiger partial charge on any atom is 0.230 e. The Kier molecular flexibility index (Phi) is 5.45.